The van der Waals surface area contributed by atoms with Gasteiger partial charge in [-0.1, -0.05) is 96.8 Å². The summed E-state index contributed by atoms with van der Waals surface area (Å²) in [4.78, 5) is 35.5. The molecule has 1 aliphatic rings. The summed E-state index contributed by atoms with van der Waals surface area (Å²) >= 11 is 0. The van der Waals surface area contributed by atoms with Crippen molar-refractivity contribution in [1.29, 1.82) is 0 Å². The van der Waals surface area contributed by atoms with Crippen molar-refractivity contribution >= 4 is 17.7 Å². The molecule has 2 N–H and O–H groups in total. The minimum atomic E-state index is -1.11. The maximum absolute atomic E-state index is 12.6. The van der Waals surface area contributed by atoms with Crippen molar-refractivity contribution in [3.63, 3.8) is 0 Å². The normalized spacial score (nSPS) is 19.9. The number of carboxylic acid groups (broad SMARTS) is 1. The van der Waals surface area contributed by atoms with E-state index in [-0.39, 0.29) is 11.7 Å². The number of carbonyl (C=O) groups excluding carboxylic acids is 2. The highest BCUT2D eigenvalue weighted by atomic mass is 16.4. The average molecular weight is 410 g/mol. The standard InChI is InChI=1S/C24H43NO4/c1-3-4-5-6-7-8-9-10-11-12-13-14-15-16-18-24(19-17-21(26)25-24)22(27)20(2)23(28)29/h20H,3-19H2,1-2H3,(H,25,26)(H,28,29). The second-order valence-electron chi connectivity index (χ2n) is 8.90. The van der Waals surface area contributed by atoms with Crippen LogP contribution in [0.1, 0.15) is 123 Å². The van der Waals surface area contributed by atoms with Crippen LogP contribution < -0.4 is 5.32 Å². The lowest BCUT2D eigenvalue weighted by atomic mass is 9.81. The van der Waals surface area contributed by atoms with E-state index in [9.17, 15) is 14.4 Å². The van der Waals surface area contributed by atoms with Gasteiger partial charge in [0.05, 0.1) is 5.54 Å². The number of nitrogens with one attached hydrogen (secondary N) is 1. The van der Waals surface area contributed by atoms with Gasteiger partial charge in [-0.25, -0.2) is 0 Å². The van der Waals surface area contributed by atoms with Gasteiger partial charge in [-0.15, -0.1) is 0 Å². The van der Waals surface area contributed by atoms with Gasteiger partial charge in [-0.2, -0.15) is 0 Å². The fourth-order valence-electron chi connectivity index (χ4n) is 4.36. The van der Waals surface area contributed by atoms with Gasteiger partial charge in [0.25, 0.3) is 0 Å². The van der Waals surface area contributed by atoms with Gasteiger partial charge < -0.3 is 10.4 Å². The molecule has 2 atom stereocenters. The van der Waals surface area contributed by atoms with Crippen LogP contribution in [0, 0.1) is 5.92 Å². The summed E-state index contributed by atoms with van der Waals surface area (Å²) < 4.78 is 0. The summed E-state index contributed by atoms with van der Waals surface area (Å²) in [6.07, 6.45) is 19.1. The Hall–Kier alpha value is -1.39. The fraction of sp³-hybridized carbons (Fsp3) is 0.875. The topological polar surface area (TPSA) is 83.5 Å². The zero-order valence-electron chi connectivity index (χ0n) is 18.8. The van der Waals surface area contributed by atoms with Crippen LogP contribution in [0.3, 0.4) is 0 Å². The fourth-order valence-corrected chi connectivity index (χ4v) is 4.36. The lowest BCUT2D eigenvalue weighted by Crippen LogP contribution is -2.52. The van der Waals surface area contributed by atoms with E-state index in [0.717, 1.165) is 19.3 Å². The van der Waals surface area contributed by atoms with E-state index < -0.39 is 17.4 Å². The molecule has 0 aliphatic carbocycles. The Morgan fingerprint density at radius 2 is 1.34 bits per heavy atom. The molecule has 1 heterocycles. The molecular weight excluding hydrogens is 366 g/mol. The van der Waals surface area contributed by atoms with Crippen LogP contribution in [0.25, 0.3) is 0 Å². The number of hydrogen-bond acceptors (Lipinski definition) is 3. The molecule has 0 aromatic heterocycles. The van der Waals surface area contributed by atoms with Crippen LogP contribution in [0.2, 0.25) is 0 Å². The second kappa shape index (κ2) is 14.6. The molecule has 0 spiro atoms. The van der Waals surface area contributed by atoms with E-state index in [1.165, 1.54) is 77.6 Å². The van der Waals surface area contributed by atoms with Gasteiger partial charge >= 0.3 is 5.97 Å². The maximum Gasteiger partial charge on any atom is 0.313 e. The van der Waals surface area contributed by atoms with Crippen molar-refractivity contribution in [2.45, 2.75) is 129 Å². The molecule has 0 radical (unpaired) electrons. The first-order valence-corrected chi connectivity index (χ1v) is 12.0. The van der Waals surface area contributed by atoms with Crippen molar-refractivity contribution in [1.82, 2.24) is 5.32 Å². The summed E-state index contributed by atoms with van der Waals surface area (Å²) in [5.41, 5.74) is -0.952. The van der Waals surface area contributed by atoms with Crippen molar-refractivity contribution in [3.05, 3.63) is 0 Å². The minimum absolute atomic E-state index is 0.138. The maximum atomic E-state index is 12.6. The molecular formula is C24H43NO4. The number of carbonyl (C=O) groups is 3. The molecule has 0 aromatic carbocycles. The van der Waals surface area contributed by atoms with E-state index in [4.69, 9.17) is 5.11 Å². The molecule has 1 saturated heterocycles. The number of carboxylic acids is 1. The molecule has 5 heteroatoms. The van der Waals surface area contributed by atoms with Crippen molar-refractivity contribution < 1.29 is 19.5 Å². The number of aliphatic carboxylic acids is 1. The molecule has 168 valence electrons. The third-order valence-corrected chi connectivity index (χ3v) is 6.35. The molecule has 1 aliphatic heterocycles. The highest BCUT2D eigenvalue weighted by Crippen LogP contribution is 2.30. The Morgan fingerprint density at radius 3 is 1.72 bits per heavy atom. The van der Waals surface area contributed by atoms with Gasteiger partial charge in [0, 0.05) is 6.42 Å². The Balaban J connectivity index is 2.11. The lowest BCUT2D eigenvalue weighted by Gasteiger charge is -2.29. The van der Waals surface area contributed by atoms with Crippen LogP contribution in [-0.4, -0.2) is 28.3 Å². The van der Waals surface area contributed by atoms with E-state index in [2.05, 4.69) is 12.2 Å². The summed E-state index contributed by atoms with van der Waals surface area (Å²) in [5, 5.41) is 12.0. The van der Waals surface area contributed by atoms with Crippen molar-refractivity contribution in [2.24, 2.45) is 5.92 Å². The summed E-state index contributed by atoms with van der Waals surface area (Å²) in [5.74, 6) is -2.66. The zero-order valence-corrected chi connectivity index (χ0v) is 18.8. The SMILES string of the molecule is CCCCCCCCCCCCCCCCC1(C(=O)C(C)C(=O)O)CCC(=O)N1. The van der Waals surface area contributed by atoms with E-state index in [1.54, 1.807) is 0 Å². The highest BCUT2D eigenvalue weighted by Gasteiger charge is 2.46. The first-order valence-electron chi connectivity index (χ1n) is 12.0. The first-order chi connectivity index (χ1) is 13.9. The number of amides is 1. The van der Waals surface area contributed by atoms with Gasteiger partial charge in [0.15, 0.2) is 5.78 Å². The van der Waals surface area contributed by atoms with Crippen LogP contribution >= 0.6 is 0 Å². The van der Waals surface area contributed by atoms with E-state index >= 15 is 0 Å². The number of hydrogen-bond donors (Lipinski definition) is 2. The summed E-state index contributed by atoms with van der Waals surface area (Å²) in [6, 6.07) is 0. The first kappa shape index (κ1) is 25.6. The quantitative estimate of drug-likeness (QED) is 0.221. The largest absolute Gasteiger partial charge is 0.481 e. The van der Waals surface area contributed by atoms with E-state index in [1.807, 2.05) is 0 Å². The molecule has 0 bridgehead atoms. The Kier molecular flexibility index (Phi) is 12.9. The smallest absolute Gasteiger partial charge is 0.313 e. The van der Waals surface area contributed by atoms with Crippen LogP contribution in [0.15, 0.2) is 0 Å². The predicted octanol–water partition coefficient (Wildman–Crippen LogP) is 5.80. The second-order valence-corrected chi connectivity index (χ2v) is 8.90. The predicted molar refractivity (Wildman–Crippen MR) is 117 cm³/mol. The Morgan fingerprint density at radius 1 is 0.897 bits per heavy atom. The average Bonchev–Trinajstić information content (AvgIpc) is 3.09. The van der Waals surface area contributed by atoms with Crippen molar-refractivity contribution in [2.75, 3.05) is 0 Å². The number of Topliss-reactive ketones (excluding diaryl/α,β-unsaturated/α-hetero) is 1. The van der Waals surface area contributed by atoms with Gasteiger partial charge in [-0.05, 0) is 19.8 Å². The molecule has 29 heavy (non-hydrogen) atoms. The van der Waals surface area contributed by atoms with Crippen LogP contribution in [0.4, 0.5) is 0 Å². The third kappa shape index (κ3) is 9.77. The number of rotatable bonds is 18. The van der Waals surface area contributed by atoms with Crippen molar-refractivity contribution in [3.8, 4) is 0 Å². The molecule has 1 amide bonds. The molecule has 2 unspecified atom stereocenters. The number of ketones is 1. The third-order valence-electron chi connectivity index (χ3n) is 6.35. The van der Waals surface area contributed by atoms with Gasteiger partial charge in [0.2, 0.25) is 5.91 Å². The van der Waals surface area contributed by atoms with Gasteiger partial charge in [-0.3, -0.25) is 14.4 Å². The van der Waals surface area contributed by atoms with E-state index in [0.29, 0.717) is 19.3 Å². The Labute approximate surface area is 177 Å². The summed E-state index contributed by atoms with van der Waals surface area (Å²) in [6.45, 7) is 3.67. The van der Waals surface area contributed by atoms with Crippen LogP contribution in [0.5, 0.6) is 0 Å². The van der Waals surface area contributed by atoms with Crippen LogP contribution in [-0.2, 0) is 14.4 Å². The molecule has 5 nitrogen and oxygen atoms in total. The Bertz CT molecular complexity index is 505. The molecule has 1 rings (SSSR count). The zero-order chi connectivity index (χ0) is 21.5. The minimum Gasteiger partial charge on any atom is -0.481 e. The summed E-state index contributed by atoms with van der Waals surface area (Å²) in [7, 11) is 0. The monoisotopic (exact) mass is 409 g/mol. The lowest BCUT2D eigenvalue weighted by molar-refractivity contribution is -0.148. The molecule has 0 saturated carbocycles. The van der Waals surface area contributed by atoms with Gasteiger partial charge in [0.1, 0.15) is 5.92 Å². The molecule has 1 fully saturated rings. The molecule has 0 aromatic rings. The number of unbranched alkanes of at least 4 members (excludes halogenated alkanes) is 13. The highest BCUT2D eigenvalue weighted by molar-refractivity contribution is 6.05.